The molecule has 1 aromatic heterocycles. The van der Waals surface area contributed by atoms with Crippen LogP contribution >= 0.6 is 0 Å². The molecular weight excluding hydrogens is 156 g/mol. The molecule has 0 aliphatic heterocycles. The number of aryl methyl sites for hydroxylation is 1. The van der Waals surface area contributed by atoms with Gasteiger partial charge in [-0.15, -0.1) is 0 Å². The van der Waals surface area contributed by atoms with Crippen LogP contribution < -0.4 is 0 Å². The van der Waals surface area contributed by atoms with E-state index in [1.54, 1.807) is 0 Å². The van der Waals surface area contributed by atoms with E-state index in [1.807, 2.05) is 6.92 Å². The molecule has 4 nitrogen and oxygen atoms in total. The maximum atomic E-state index is 10.4. The third-order valence-corrected chi connectivity index (χ3v) is 1.43. The summed E-state index contributed by atoms with van der Waals surface area (Å²) < 4.78 is 0. The highest BCUT2D eigenvalue weighted by Gasteiger charge is 2.02. The maximum absolute atomic E-state index is 10.4. The van der Waals surface area contributed by atoms with Gasteiger partial charge in [-0.05, 0) is 6.42 Å². The second-order valence-corrected chi connectivity index (χ2v) is 2.44. The van der Waals surface area contributed by atoms with Gasteiger partial charge in [-0.2, -0.15) is 0 Å². The summed E-state index contributed by atoms with van der Waals surface area (Å²) in [6, 6.07) is 0. The third-order valence-electron chi connectivity index (χ3n) is 1.43. The van der Waals surface area contributed by atoms with Crippen LogP contribution in [0.3, 0.4) is 0 Å². The van der Waals surface area contributed by atoms with Crippen LogP contribution in [-0.2, 0) is 6.42 Å². The van der Waals surface area contributed by atoms with E-state index >= 15 is 0 Å². The normalized spacial score (nSPS) is 9.75. The predicted octanol–water partition coefficient (Wildman–Crippen LogP) is 1.13. The lowest BCUT2D eigenvalue weighted by atomic mass is 10.3. The molecule has 0 saturated heterocycles. The van der Waals surface area contributed by atoms with Gasteiger partial charge >= 0.3 is 5.97 Å². The summed E-state index contributed by atoms with van der Waals surface area (Å²) in [7, 11) is 0. The number of aromatic carboxylic acids is 1. The van der Waals surface area contributed by atoms with E-state index in [4.69, 9.17) is 5.11 Å². The Kier molecular flexibility index (Phi) is 2.74. The Morgan fingerprint density at radius 1 is 1.50 bits per heavy atom. The molecule has 0 spiro atoms. The quantitative estimate of drug-likeness (QED) is 0.731. The van der Waals surface area contributed by atoms with Crippen LogP contribution in [0, 0.1) is 0 Å². The van der Waals surface area contributed by atoms with E-state index in [0.29, 0.717) is 5.82 Å². The van der Waals surface area contributed by atoms with Crippen molar-refractivity contribution in [2.75, 3.05) is 0 Å². The molecule has 1 aromatic rings. The molecule has 1 N–H and O–H groups in total. The molecule has 0 bridgehead atoms. The summed E-state index contributed by atoms with van der Waals surface area (Å²) in [5.74, 6) is -0.291. The van der Waals surface area contributed by atoms with Gasteiger partial charge in [0.2, 0.25) is 0 Å². The molecule has 0 saturated carbocycles. The Balaban J connectivity index is 2.78. The number of hydrogen-bond acceptors (Lipinski definition) is 3. The van der Waals surface area contributed by atoms with Gasteiger partial charge in [0.15, 0.2) is 0 Å². The highest BCUT2D eigenvalue weighted by molar-refractivity contribution is 5.86. The van der Waals surface area contributed by atoms with Gasteiger partial charge < -0.3 is 5.11 Å². The fourth-order valence-corrected chi connectivity index (χ4v) is 0.818. The second-order valence-electron chi connectivity index (χ2n) is 2.44. The second kappa shape index (κ2) is 3.80. The van der Waals surface area contributed by atoms with E-state index in [0.717, 1.165) is 12.8 Å². The monoisotopic (exact) mass is 166 g/mol. The van der Waals surface area contributed by atoms with Crippen molar-refractivity contribution >= 4 is 5.97 Å². The summed E-state index contributed by atoms with van der Waals surface area (Å²) in [6.45, 7) is 2.02. The Morgan fingerprint density at radius 3 is 2.50 bits per heavy atom. The van der Waals surface area contributed by atoms with Gasteiger partial charge in [0, 0.05) is 18.8 Å². The first-order valence-electron chi connectivity index (χ1n) is 3.78. The number of rotatable bonds is 3. The minimum absolute atomic E-state index is 0.134. The highest BCUT2D eigenvalue weighted by Crippen LogP contribution is 1.97. The first-order valence-corrected chi connectivity index (χ1v) is 3.78. The van der Waals surface area contributed by atoms with Crippen LogP contribution in [0.1, 0.15) is 29.5 Å². The lowest BCUT2D eigenvalue weighted by molar-refractivity contribution is 0.0696. The van der Waals surface area contributed by atoms with Gasteiger partial charge in [0.25, 0.3) is 0 Å². The first kappa shape index (κ1) is 8.64. The van der Waals surface area contributed by atoms with Crippen LogP contribution in [0.15, 0.2) is 12.4 Å². The van der Waals surface area contributed by atoms with Crippen molar-refractivity contribution in [1.82, 2.24) is 9.97 Å². The van der Waals surface area contributed by atoms with Crippen molar-refractivity contribution < 1.29 is 9.90 Å². The number of aromatic nitrogens is 2. The maximum Gasteiger partial charge on any atom is 0.338 e. The molecule has 12 heavy (non-hydrogen) atoms. The smallest absolute Gasteiger partial charge is 0.338 e. The van der Waals surface area contributed by atoms with Crippen LogP contribution in [0.25, 0.3) is 0 Å². The molecule has 4 heteroatoms. The van der Waals surface area contributed by atoms with E-state index in [-0.39, 0.29) is 5.56 Å². The number of carboxylic acid groups (broad SMARTS) is 1. The van der Waals surface area contributed by atoms with Crippen molar-refractivity contribution in [3.63, 3.8) is 0 Å². The Morgan fingerprint density at radius 2 is 2.08 bits per heavy atom. The van der Waals surface area contributed by atoms with Crippen LogP contribution in [0.2, 0.25) is 0 Å². The van der Waals surface area contributed by atoms with E-state index in [1.165, 1.54) is 12.4 Å². The van der Waals surface area contributed by atoms with Gasteiger partial charge in [-0.3, -0.25) is 0 Å². The molecule has 0 atom stereocenters. The lowest BCUT2D eigenvalue weighted by Crippen LogP contribution is -2.01. The molecular formula is C8H10N2O2. The molecule has 0 amide bonds. The SMILES string of the molecule is CCCc1ncc(C(=O)O)cn1. The van der Waals surface area contributed by atoms with E-state index in [2.05, 4.69) is 9.97 Å². The number of carbonyl (C=O) groups is 1. The fraction of sp³-hybridized carbons (Fsp3) is 0.375. The summed E-state index contributed by atoms with van der Waals surface area (Å²) in [5, 5.41) is 8.53. The minimum Gasteiger partial charge on any atom is -0.478 e. The minimum atomic E-state index is -0.988. The number of hydrogen-bond donors (Lipinski definition) is 1. The Bertz CT molecular complexity index is 269. The van der Waals surface area contributed by atoms with Crippen LogP contribution in [0.4, 0.5) is 0 Å². The molecule has 0 fully saturated rings. The zero-order chi connectivity index (χ0) is 8.97. The Hall–Kier alpha value is -1.45. The predicted molar refractivity (Wildman–Crippen MR) is 43.0 cm³/mol. The molecule has 0 radical (unpaired) electrons. The fourth-order valence-electron chi connectivity index (χ4n) is 0.818. The first-order chi connectivity index (χ1) is 5.74. The highest BCUT2D eigenvalue weighted by atomic mass is 16.4. The molecule has 0 aliphatic rings. The van der Waals surface area contributed by atoms with Crippen molar-refractivity contribution in [2.45, 2.75) is 19.8 Å². The Labute approximate surface area is 70.3 Å². The van der Waals surface area contributed by atoms with Gasteiger partial charge in [-0.25, -0.2) is 14.8 Å². The molecule has 64 valence electrons. The van der Waals surface area contributed by atoms with E-state index in [9.17, 15) is 4.79 Å². The zero-order valence-corrected chi connectivity index (χ0v) is 6.82. The van der Waals surface area contributed by atoms with Crippen molar-refractivity contribution in [2.24, 2.45) is 0 Å². The molecule has 1 heterocycles. The largest absolute Gasteiger partial charge is 0.478 e. The molecule has 1 rings (SSSR count). The van der Waals surface area contributed by atoms with Crippen molar-refractivity contribution in [3.05, 3.63) is 23.8 Å². The number of carboxylic acids is 1. The third kappa shape index (κ3) is 2.02. The molecule has 0 aromatic carbocycles. The number of nitrogens with zero attached hydrogens (tertiary/aromatic N) is 2. The van der Waals surface area contributed by atoms with Crippen molar-refractivity contribution in [1.29, 1.82) is 0 Å². The summed E-state index contributed by atoms with van der Waals surface area (Å²) in [6.07, 6.45) is 4.42. The lowest BCUT2D eigenvalue weighted by Gasteiger charge is -1.96. The van der Waals surface area contributed by atoms with Gasteiger partial charge in [-0.1, -0.05) is 6.92 Å². The van der Waals surface area contributed by atoms with Gasteiger partial charge in [0.05, 0.1) is 5.56 Å². The average Bonchev–Trinajstić information content (AvgIpc) is 2.06. The standard InChI is InChI=1S/C8H10N2O2/c1-2-3-7-9-4-6(5-10-7)8(11)12/h4-5H,2-3H2,1H3,(H,11,12). The summed E-state index contributed by atoms with van der Waals surface area (Å²) in [5.41, 5.74) is 0.134. The summed E-state index contributed by atoms with van der Waals surface area (Å²) in [4.78, 5) is 18.2. The zero-order valence-electron chi connectivity index (χ0n) is 6.82. The molecule has 0 unspecified atom stereocenters. The van der Waals surface area contributed by atoms with Crippen molar-refractivity contribution in [3.8, 4) is 0 Å². The topological polar surface area (TPSA) is 63.1 Å². The van der Waals surface area contributed by atoms with Crippen LogP contribution in [-0.4, -0.2) is 21.0 Å². The van der Waals surface area contributed by atoms with E-state index < -0.39 is 5.97 Å². The summed E-state index contributed by atoms with van der Waals surface area (Å²) >= 11 is 0. The molecule has 0 aliphatic carbocycles. The van der Waals surface area contributed by atoms with Gasteiger partial charge in [0.1, 0.15) is 5.82 Å². The average molecular weight is 166 g/mol. The van der Waals surface area contributed by atoms with Crippen LogP contribution in [0.5, 0.6) is 0 Å².